The third-order valence-corrected chi connectivity index (χ3v) is 3.02. The number of methoxy groups -OCH3 is 1. The maximum Gasteiger partial charge on any atom is 0.341 e. The van der Waals surface area contributed by atoms with Crippen molar-refractivity contribution in [1.29, 1.82) is 0 Å². The average Bonchev–Trinajstić information content (AvgIpc) is 2.48. The molecule has 0 saturated heterocycles. The van der Waals surface area contributed by atoms with Crippen LogP contribution in [0.5, 0.6) is 11.5 Å². The monoisotopic (exact) mass is 352 g/mol. The van der Waals surface area contributed by atoms with Gasteiger partial charge in [-0.25, -0.2) is 4.79 Å². The van der Waals surface area contributed by atoms with Gasteiger partial charge < -0.3 is 9.47 Å². The highest BCUT2D eigenvalue weighted by Crippen LogP contribution is 2.33. The van der Waals surface area contributed by atoms with Gasteiger partial charge in [-0.05, 0) is 18.2 Å². The van der Waals surface area contributed by atoms with Gasteiger partial charge in [-0.3, -0.25) is 15.1 Å². The number of aromatic nitrogens is 1. The van der Waals surface area contributed by atoms with Crippen LogP contribution in [0.1, 0.15) is 10.4 Å². The van der Waals surface area contributed by atoms with Crippen LogP contribution in [0, 0.1) is 10.1 Å². The Labute approximate surface area is 127 Å². The second kappa shape index (κ2) is 6.31. The summed E-state index contributed by atoms with van der Waals surface area (Å²) < 4.78 is 10.8. The molecule has 0 atom stereocenters. The van der Waals surface area contributed by atoms with E-state index in [1.807, 2.05) is 0 Å². The number of nitrogens with zero attached hydrogens (tertiary/aromatic N) is 2. The Morgan fingerprint density at radius 3 is 2.76 bits per heavy atom. The number of halogens is 1. The normalized spacial score (nSPS) is 10.0. The Morgan fingerprint density at radius 1 is 1.33 bits per heavy atom. The zero-order valence-corrected chi connectivity index (χ0v) is 12.4. The van der Waals surface area contributed by atoms with E-state index in [9.17, 15) is 14.9 Å². The third-order valence-electron chi connectivity index (χ3n) is 2.53. The summed E-state index contributed by atoms with van der Waals surface area (Å²) in [6.07, 6.45) is 2.50. The van der Waals surface area contributed by atoms with Crippen LogP contribution < -0.4 is 4.74 Å². The summed E-state index contributed by atoms with van der Waals surface area (Å²) in [5.41, 5.74) is -0.103. The molecule has 0 bridgehead atoms. The molecule has 2 rings (SSSR count). The number of carbonyl (C=O) groups is 1. The Morgan fingerprint density at radius 2 is 2.10 bits per heavy atom. The van der Waals surface area contributed by atoms with Crippen LogP contribution in [0.2, 0.25) is 0 Å². The van der Waals surface area contributed by atoms with Gasteiger partial charge in [0.15, 0.2) is 0 Å². The minimum absolute atomic E-state index is 0.0602. The molecule has 2 aromatic rings. The van der Waals surface area contributed by atoms with Gasteiger partial charge in [0.05, 0.1) is 18.2 Å². The summed E-state index contributed by atoms with van der Waals surface area (Å²) >= 11 is 3.23. The van der Waals surface area contributed by atoms with E-state index >= 15 is 0 Å². The van der Waals surface area contributed by atoms with Crippen LogP contribution in [-0.4, -0.2) is 23.0 Å². The summed E-state index contributed by atoms with van der Waals surface area (Å²) in [5, 5.41) is 10.9. The molecule has 0 saturated carbocycles. The summed E-state index contributed by atoms with van der Waals surface area (Å²) in [7, 11) is 1.24. The molecule has 0 aliphatic heterocycles. The summed E-state index contributed by atoms with van der Waals surface area (Å²) in [4.78, 5) is 25.9. The van der Waals surface area contributed by atoms with Gasteiger partial charge in [-0.2, -0.15) is 0 Å². The second-order valence-corrected chi connectivity index (χ2v) is 4.75. The fourth-order valence-electron chi connectivity index (χ4n) is 1.58. The fourth-order valence-corrected chi connectivity index (χ4v) is 1.94. The molecule has 1 aromatic heterocycles. The van der Waals surface area contributed by atoms with Crippen molar-refractivity contribution in [2.24, 2.45) is 0 Å². The number of hydrogen-bond donors (Lipinski definition) is 0. The van der Waals surface area contributed by atoms with Crippen molar-refractivity contribution in [3.8, 4) is 11.5 Å². The number of pyridine rings is 1. The molecule has 0 radical (unpaired) electrons. The van der Waals surface area contributed by atoms with E-state index in [1.54, 1.807) is 6.07 Å². The van der Waals surface area contributed by atoms with E-state index < -0.39 is 10.9 Å². The smallest absolute Gasteiger partial charge is 0.341 e. The first-order valence-electron chi connectivity index (χ1n) is 5.67. The largest absolute Gasteiger partial charge is 0.465 e. The first-order chi connectivity index (χ1) is 10.0. The molecule has 0 spiro atoms. The predicted molar refractivity (Wildman–Crippen MR) is 76.4 cm³/mol. The summed E-state index contributed by atoms with van der Waals surface area (Å²) in [5.74, 6) is -0.533. The van der Waals surface area contributed by atoms with Crippen molar-refractivity contribution in [1.82, 2.24) is 4.98 Å². The number of carbonyl (C=O) groups excluding carboxylic acids is 1. The van der Waals surface area contributed by atoms with Crippen LogP contribution in [0.25, 0.3) is 0 Å². The van der Waals surface area contributed by atoms with E-state index in [1.165, 1.54) is 37.7 Å². The molecule has 7 nitrogen and oxygen atoms in total. The van der Waals surface area contributed by atoms with E-state index in [-0.39, 0.29) is 22.7 Å². The van der Waals surface area contributed by atoms with Crippen molar-refractivity contribution in [3.05, 3.63) is 56.8 Å². The Bertz CT molecular complexity index is 705. The van der Waals surface area contributed by atoms with E-state index in [4.69, 9.17) is 4.74 Å². The molecule has 0 N–H and O–H groups in total. The van der Waals surface area contributed by atoms with Crippen molar-refractivity contribution in [2.75, 3.05) is 7.11 Å². The molecule has 21 heavy (non-hydrogen) atoms. The SMILES string of the molecule is COC(=O)c1cc(Br)ccc1Oc1cnccc1[N+](=O)[O-]. The zero-order valence-electron chi connectivity index (χ0n) is 10.8. The Hall–Kier alpha value is -2.48. The average molecular weight is 353 g/mol. The standard InChI is InChI=1S/C13H9BrN2O5/c1-20-13(17)9-6-8(14)2-3-11(9)21-12-7-15-5-4-10(12)16(18)19/h2-7H,1H3. The van der Waals surface area contributed by atoms with E-state index in [0.717, 1.165) is 0 Å². The fraction of sp³-hybridized carbons (Fsp3) is 0.0769. The van der Waals surface area contributed by atoms with Gasteiger partial charge in [0.1, 0.15) is 11.3 Å². The Kier molecular flexibility index (Phi) is 4.49. The molecule has 0 fully saturated rings. The first kappa shape index (κ1) is 14.9. The number of nitro groups is 1. The molecule has 1 aromatic carbocycles. The molecule has 8 heteroatoms. The van der Waals surface area contributed by atoms with Gasteiger partial charge in [0.2, 0.25) is 5.75 Å². The maximum atomic E-state index is 11.7. The lowest BCUT2D eigenvalue weighted by Crippen LogP contribution is -2.04. The van der Waals surface area contributed by atoms with Crippen LogP contribution in [0.3, 0.4) is 0 Å². The minimum atomic E-state index is -0.613. The van der Waals surface area contributed by atoms with Crippen molar-refractivity contribution in [3.63, 3.8) is 0 Å². The van der Waals surface area contributed by atoms with Crippen LogP contribution in [0.4, 0.5) is 5.69 Å². The van der Waals surface area contributed by atoms with Crippen molar-refractivity contribution >= 4 is 27.6 Å². The number of esters is 1. The molecule has 0 unspecified atom stereocenters. The predicted octanol–water partition coefficient (Wildman–Crippen LogP) is 3.33. The van der Waals surface area contributed by atoms with E-state index in [2.05, 4.69) is 25.7 Å². The van der Waals surface area contributed by atoms with Gasteiger partial charge in [-0.1, -0.05) is 15.9 Å². The number of ether oxygens (including phenoxy) is 2. The van der Waals surface area contributed by atoms with Crippen molar-refractivity contribution in [2.45, 2.75) is 0 Å². The Balaban J connectivity index is 2.45. The topological polar surface area (TPSA) is 91.6 Å². The number of benzene rings is 1. The molecular formula is C13H9BrN2O5. The molecule has 108 valence electrons. The van der Waals surface area contributed by atoms with Crippen molar-refractivity contribution < 1.29 is 19.2 Å². The maximum absolute atomic E-state index is 11.7. The lowest BCUT2D eigenvalue weighted by atomic mass is 10.2. The highest BCUT2D eigenvalue weighted by molar-refractivity contribution is 9.10. The van der Waals surface area contributed by atoms with Crippen LogP contribution in [-0.2, 0) is 4.74 Å². The molecule has 0 amide bonds. The van der Waals surface area contributed by atoms with Crippen LogP contribution >= 0.6 is 15.9 Å². The second-order valence-electron chi connectivity index (χ2n) is 3.83. The lowest BCUT2D eigenvalue weighted by Gasteiger charge is -2.10. The lowest BCUT2D eigenvalue weighted by molar-refractivity contribution is -0.385. The minimum Gasteiger partial charge on any atom is -0.465 e. The third kappa shape index (κ3) is 3.34. The summed E-state index contributed by atoms with van der Waals surface area (Å²) in [6, 6.07) is 5.87. The molecule has 0 aliphatic carbocycles. The molecule has 0 aliphatic rings. The highest BCUT2D eigenvalue weighted by atomic mass is 79.9. The highest BCUT2D eigenvalue weighted by Gasteiger charge is 2.19. The molecule has 1 heterocycles. The van der Waals surface area contributed by atoms with Gasteiger partial charge in [0, 0.05) is 16.7 Å². The number of rotatable bonds is 4. The summed E-state index contributed by atoms with van der Waals surface area (Å²) in [6.45, 7) is 0. The molecular weight excluding hydrogens is 344 g/mol. The van der Waals surface area contributed by atoms with Gasteiger partial charge in [-0.15, -0.1) is 0 Å². The first-order valence-corrected chi connectivity index (χ1v) is 6.46. The van der Waals surface area contributed by atoms with Crippen LogP contribution in [0.15, 0.2) is 41.1 Å². The van der Waals surface area contributed by atoms with E-state index in [0.29, 0.717) is 4.47 Å². The quantitative estimate of drug-likeness (QED) is 0.476. The van der Waals surface area contributed by atoms with Gasteiger partial charge in [0.25, 0.3) is 0 Å². The number of hydrogen-bond acceptors (Lipinski definition) is 6. The van der Waals surface area contributed by atoms with Gasteiger partial charge >= 0.3 is 11.7 Å². The zero-order chi connectivity index (χ0) is 15.4.